The van der Waals surface area contributed by atoms with Gasteiger partial charge in [0.2, 0.25) is 5.91 Å². The lowest BCUT2D eigenvalue weighted by atomic mass is 9.80. The van der Waals surface area contributed by atoms with Crippen molar-refractivity contribution in [1.82, 2.24) is 0 Å². The van der Waals surface area contributed by atoms with E-state index in [1.807, 2.05) is 48.7 Å². The van der Waals surface area contributed by atoms with E-state index in [4.69, 9.17) is 9.47 Å². The fourth-order valence-corrected chi connectivity index (χ4v) is 4.61. The number of amides is 2. The van der Waals surface area contributed by atoms with Gasteiger partial charge in [-0.05, 0) is 42.6 Å². The van der Waals surface area contributed by atoms with Crippen molar-refractivity contribution in [3.05, 3.63) is 70.4 Å². The molecule has 1 aliphatic heterocycles. The third kappa shape index (κ3) is 3.21. The van der Waals surface area contributed by atoms with Gasteiger partial charge in [-0.2, -0.15) is 0 Å². The topological polar surface area (TPSA) is 67.9 Å². The molecule has 0 saturated carbocycles. The number of carbonyl (C=O) groups is 2. The van der Waals surface area contributed by atoms with E-state index in [1.165, 1.54) is 18.4 Å². The Kier molecular flexibility index (Phi) is 5.22. The summed E-state index contributed by atoms with van der Waals surface area (Å²) in [5, 5.41) is 4.88. The Morgan fingerprint density at radius 2 is 1.87 bits per heavy atom. The van der Waals surface area contributed by atoms with Gasteiger partial charge >= 0.3 is 0 Å². The minimum absolute atomic E-state index is 0.0967. The molecule has 1 fully saturated rings. The van der Waals surface area contributed by atoms with Crippen LogP contribution in [0.4, 0.5) is 11.4 Å². The lowest BCUT2D eigenvalue weighted by Crippen LogP contribution is -2.67. The monoisotopic (exact) mass is 422 g/mol. The van der Waals surface area contributed by atoms with Crippen LogP contribution in [0.1, 0.15) is 16.9 Å². The van der Waals surface area contributed by atoms with E-state index < -0.39 is 5.54 Å². The Hall–Kier alpha value is -3.32. The summed E-state index contributed by atoms with van der Waals surface area (Å²) in [7, 11) is 3.10. The van der Waals surface area contributed by atoms with Crippen molar-refractivity contribution in [2.45, 2.75) is 18.9 Å². The number of rotatable bonds is 6. The maximum atomic E-state index is 13.7. The van der Waals surface area contributed by atoms with E-state index in [2.05, 4.69) is 5.32 Å². The Morgan fingerprint density at radius 3 is 2.47 bits per heavy atom. The molecule has 1 saturated heterocycles. The molecular weight excluding hydrogens is 400 g/mol. The fraction of sp³-hybridized carbons (Fsp3) is 0.217. The number of β-lactam (4-membered cyclic amide) rings is 1. The number of thiophene rings is 1. The van der Waals surface area contributed by atoms with E-state index in [-0.39, 0.29) is 18.2 Å². The van der Waals surface area contributed by atoms with Crippen LogP contribution in [0.2, 0.25) is 0 Å². The average Bonchev–Trinajstić information content (AvgIpc) is 3.28. The Labute approximate surface area is 179 Å². The smallest absolute Gasteiger partial charge is 0.256 e. The zero-order valence-electron chi connectivity index (χ0n) is 17.0. The zero-order chi connectivity index (χ0) is 21.3. The van der Waals surface area contributed by atoms with Crippen molar-refractivity contribution in [3.63, 3.8) is 0 Å². The van der Waals surface area contributed by atoms with E-state index >= 15 is 0 Å². The van der Waals surface area contributed by atoms with Crippen LogP contribution in [0.3, 0.4) is 0 Å². The lowest BCUT2D eigenvalue weighted by molar-refractivity contribution is -0.137. The second-order valence-corrected chi connectivity index (χ2v) is 8.05. The number of carbonyl (C=O) groups excluding carboxylic acids is 2. The van der Waals surface area contributed by atoms with Gasteiger partial charge in [0, 0.05) is 16.6 Å². The van der Waals surface area contributed by atoms with Crippen molar-refractivity contribution < 1.29 is 19.1 Å². The molecule has 1 N–H and O–H groups in total. The van der Waals surface area contributed by atoms with Gasteiger partial charge in [-0.1, -0.05) is 23.8 Å². The van der Waals surface area contributed by atoms with Crippen molar-refractivity contribution >= 4 is 34.5 Å². The number of nitrogens with one attached hydrogen (secondary N) is 1. The summed E-state index contributed by atoms with van der Waals surface area (Å²) >= 11 is 1.46. The molecule has 3 aromatic rings. The number of aryl methyl sites for hydroxylation is 1. The first-order valence-corrected chi connectivity index (χ1v) is 10.3. The second kappa shape index (κ2) is 7.84. The summed E-state index contributed by atoms with van der Waals surface area (Å²) in [6, 6.07) is 16.6. The average molecular weight is 423 g/mol. The summed E-state index contributed by atoms with van der Waals surface area (Å²) in [4.78, 5) is 28.8. The maximum absolute atomic E-state index is 13.7. The number of methoxy groups -OCH3 is 2. The number of hydrogen-bond acceptors (Lipinski definition) is 5. The SMILES string of the molecule is COc1ccc(OC)c(NC(=O)[C@@]2(c3cccs3)CC(=O)N2c2ccc(C)cc2)c1. The summed E-state index contributed by atoms with van der Waals surface area (Å²) in [5.41, 5.74) is 1.15. The predicted molar refractivity (Wildman–Crippen MR) is 117 cm³/mol. The van der Waals surface area contributed by atoms with Crippen molar-refractivity contribution in [1.29, 1.82) is 0 Å². The molecule has 154 valence electrons. The van der Waals surface area contributed by atoms with E-state index in [9.17, 15) is 9.59 Å². The molecule has 1 aliphatic rings. The summed E-state index contributed by atoms with van der Waals surface area (Å²) in [6.07, 6.45) is 0.0967. The standard InChI is InChI=1S/C23H22N2O4S/c1-15-6-8-16(9-7-15)25-21(26)14-23(25,20-5-4-12-30-20)22(27)24-18-13-17(28-2)10-11-19(18)29-3/h4-13H,14H2,1-3H3,(H,24,27)/t23-/m0/s1. The zero-order valence-corrected chi connectivity index (χ0v) is 17.8. The van der Waals surface area contributed by atoms with E-state index in [0.29, 0.717) is 22.9 Å². The number of benzene rings is 2. The van der Waals surface area contributed by atoms with Gasteiger partial charge in [-0.15, -0.1) is 11.3 Å². The summed E-state index contributed by atoms with van der Waals surface area (Å²) in [5.74, 6) is 0.714. The van der Waals surface area contributed by atoms with Gasteiger partial charge < -0.3 is 14.8 Å². The third-order valence-corrected chi connectivity index (χ3v) is 6.31. The molecule has 4 rings (SSSR count). The Morgan fingerprint density at radius 1 is 1.10 bits per heavy atom. The predicted octanol–water partition coefficient (Wildman–Crippen LogP) is 4.34. The van der Waals surface area contributed by atoms with Gasteiger partial charge in [-0.25, -0.2) is 0 Å². The largest absolute Gasteiger partial charge is 0.497 e. The second-order valence-electron chi connectivity index (χ2n) is 7.10. The van der Waals surface area contributed by atoms with Crippen LogP contribution in [0.15, 0.2) is 60.0 Å². The summed E-state index contributed by atoms with van der Waals surface area (Å²) < 4.78 is 10.7. The van der Waals surface area contributed by atoms with E-state index in [1.54, 1.807) is 30.2 Å². The van der Waals surface area contributed by atoms with E-state index in [0.717, 1.165) is 10.4 Å². The van der Waals surface area contributed by atoms with Gasteiger partial charge in [0.25, 0.3) is 5.91 Å². The fourth-order valence-electron chi connectivity index (χ4n) is 3.70. The molecule has 0 aliphatic carbocycles. The lowest BCUT2D eigenvalue weighted by Gasteiger charge is -2.49. The van der Waals surface area contributed by atoms with Crippen LogP contribution >= 0.6 is 11.3 Å². The molecule has 7 heteroatoms. The first-order valence-electron chi connectivity index (χ1n) is 9.47. The molecule has 30 heavy (non-hydrogen) atoms. The molecule has 0 radical (unpaired) electrons. The highest BCUT2D eigenvalue weighted by Gasteiger charge is 2.59. The highest BCUT2D eigenvalue weighted by atomic mass is 32.1. The van der Waals surface area contributed by atoms with Gasteiger partial charge in [0.15, 0.2) is 5.54 Å². The van der Waals surface area contributed by atoms with Crippen LogP contribution in [-0.4, -0.2) is 26.0 Å². The maximum Gasteiger partial charge on any atom is 0.256 e. The van der Waals surface area contributed by atoms with Crippen LogP contribution in [-0.2, 0) is 15.1 Å². The molecule has 1 aromatic heterocycles. The number of anilines is 2. The third-order valence-electron chi connectivity index (χ3n) is 5.29. The molecule has 2 aromatic carbocycles. The highest BCUT2D eigenvalue weighted by molar-refractivity contribution is 7.10. The Bertz CT molecular complexity index is 1080. The minimum Gasteiger partial charge on any atom is -0.497 e. The van der Waals surface area contributed by atoms with Gasteiger partial charge in [-0.3, -0.25) is 14.5 Å². The van der Waals surface area contributed by atoms with Crippen molar-refractivity contribution in [3.8, 4) is 11.5 Å². The molecule has 1 atom stereocenters. The Balaban J connectivity index is 1.76. The number of hydrogen-bond donors (Lipinski definition) is 1. The minimum atomic E-state index is -1.12. The molecular formula is C23H22N2O4S. The molecule has 0 unspecified atom stereocenters. The number of ether oxygens (including phenoxy) is 2. The van der Waals surface area contributed by atoms with Crippen molar-refractivity contribution in [2.75, 3.05) is 24.4 Å². The van der Waals surface area contributed by atoms with Crippen LogP contribution in [0.5, 0.6) is 11.5 Å². The van der Waals surface area contributed by atoms with Crippen molar-refractivity contribution in [2.24, 2.45) is 0 Å². The first kappa shape index (κ1) is 20.0. The molecule has 0 spiro atoms. The van der Waals surface area contributed by atoms with Crippen LogP contribution < -0.4 is 19.7 Å². The number of nitrogens with zero attached hydrogens (tertiary/aromatic N) is 1. The van der Waals surface area contributed by atoms with Gasteiger partial charge in [0.1, 0.15) is 11.5 Å². The molecule has 2 amide bonds. The quantitative estimate of drug-likeness (QED) is 0.600. The highest BCUT2D eigenvalue weighted by Crippen LogP contribution is 2.47. The van der Waals surface area contributed by atoms with Crippen LogP contribution in [0.25, 0.3) is 0 Å². The van der Waals surface area contributed by atoms with Crippen LogP contribution in [0, 0.1) is 6.92 Å². The molecule has 6 nitrogen and oxygen atoms in total. The molecule has 2 heterocycles. The molecule has 0 bridgehead atoms. The summed E-state index contributed by atoms with van der Waals surface area (Å²) in [6.45, 7) is 1.98. The first-order chi connectivity index (χ1) is 14.5. The normalized spacial score (nSPS) is 18.0. The van der Waals surface area contributed by atoms with Gasteiger partial charge in [0.05, 0.1) is 26.3 Å².